The van der Waals surface area contributed by atoms with Gasteiger partial charge in [0.15, 0.2) is 0 Å². The van der Waals surface area contributed by atoms with Crippen molar-refractivity contribution >= 4 is 0 Å². The van der Waals surface area contributed by atoms with Gasteiger partial charge in [0.25, 0.3) is 0 Å². The molecule has 0 aromatic rings. The molecule has 0 aliphatic carbocycles. The monoisotopic (exact) mass is 352 g/mol. The lowest BCUT2D eigenvalue weighted by molar-refractivity contribution is -0.284. The van der Waals surface area contributed by atoms with Crippen LogP contribution in [0.2, 0.25) is 0 Å². The van der Waals surface area contributed by atoms with Gasteiger partial charge in [-0.15, -0.1) is 0 Å². The molecule has 146 valence electrons. The molecule has 0 N–H and O–H groups in total. The molecule has 0 radical (unpaired) electrons. The zero-order valence-electron chi connectivity index (χ0n) is 16.2. The smallest absolute Gasteiger partial charge is 0.216 e. The summed E-state index contributed by atoms with van der Waals surface area (Å²) in [5, 5.41) is 0. The second-order valence-electron chi connectivity index (χ2n) is 5.60. The molecule has 0 saturated carbocycles. The largest absolute Gasteiger partial charge is 0.382 e. The molecular weight excluding hydrogens is 316 g/mol. The van der Waals surface area contributed by atoms with Crippen LogP contribution >= 0.6 is 0 Å². The van der Waals surface area contributed by atoms with Gasteiger partial charge in [0.1, 0.15) is 18.8 Å². The van der Waals surface area contributed by atoms with Crippen molar-refractivity contribution in [2.24, 2.45) is 0 Å². The fourth-order valence-corrected chi connectivity index (χ4v) is 2.50. The van der Waals surface area contributed by atoms with Crippen LogP contribution in [0.25, 0.3) is 0 Å². The zero-order valence-corrected chi connectivity index (χ0v) is 16.2. The SMILES string of the molecule is CCCOC(COC)(COCC(COC)(COC)OCC)OCC. The van der Waals surface area contributed by atoms with Crippen molar-refractivity contribution in [2.45, 2.75) is 38.6 Å². The third-order valence-corrected chi connectivity index (χ3v) is 3.29. The third-order valence-electron chi connectivity index (χ3n) is 3.29. The lowest BCUT2D eigenvalue weighted by Crippen LogP contribution is -2.50. The first kappa shape index (κ1) is 23.7. The van der Waals surface area contributed by atoms with E-state index in [0.717, 1.165) is 6.42 Å². The summed E-state index contributed by atoms with van der Waals surface area (Å²) in [7, 11) is 4.87. The van der Waals surface area contributed by atoms with E-state index in [1.165, 1.54) is 0 Å². The van der Waals surface area contributed by atoms with Crippen molar-refractivity contribution < 1.29 is 33.2 Å². The van der Waals surface area contributed by atoms with Crippen LogP contribution in [0.1, 0.15) is 27.2 Å². The van der Waals surface area contributed by atoms with E-state index in [1.54, 1.807) is 21.3 Å². The van der Waals surface area contributed by atoms with E-state index in [-0.39, 0.29) is 13.2 Å². The van der Waals surface area contributed by atoms with Gasteiger partial charge < -0.3 is 33.2 Å². The molecule has 0 amide bonds. The second kappa shape index (κ2) is 13.9. The molecule has 0 aromatic heterocycles. The standard InChI is InChI=1S/C17H36O7/c1-7-10-24-17(14-20-6,23-9-3)15-21-13-16(11-18-4,12-19-5)22-8-2/h7-15H2,1-6H3. The minimum Gasteiger partial charge on any atom is -0.382 e. The van der Waals surface area contributed by atoms with Crippen molar-refractivity contribution in [3.8, 4) is 0 Å². The Bertz CT molecular complexity index is 263. The highest BCUT2D eigenvalue weighted by atomic mass is 16.7. The molecule has 0 fully saturated rings. The predicted molar refractivity (Wildman–Crippen MR) is 91.4 cm³/mol. The predicted octanol–water partition coefficient (Wildman–Crippen LogP) is 1.88. The Labute approximate surface area is 146 Å². The van der Waals surface area contributed by atoms with Gasteiger partial charge in [0.05, 0.1) is 19.8 Å². The molecule has 24 heavy (non-hydrogen) atoms. The number of ether oxygens (including phenoxy) is 7. The fourth-order valence-electron chi connectivity index (χ4n) is 2.50. The molecule has 0 aromatic carbocycles. The molecule has 7 nitrogen and oxygen atoms in total. The molecule has 0 saturated heterocycles. The molecule has 7 heteroatoms. The minimum absolute atomic E-state index is 0.233. The Morgan fingerprint density at radius 2 is 1.21 bits per heavy atom. The van der Waals surface area contributed by atoms with E-state index in [4.69, 9.17) is 33.2 Å². The van der Waals surface area contributed by atoms with Gasteiger partial charge >= 0.3 is 0 Å². The van der Waals surface area contributed by atoms with E-state index in [1.807, 2.05) is 20.8 Å². The van der Waals surface area contributed by atoms with E-state index in [2.05, 4.69) is 0 Å². The van der Waals surface area contributed by atoms with Crippen LogP contribution in [0, 0.1) is 0 Å². The van der Waals surface area contributed by atoms with Crippen molar-refractivity contribution in [1.82, 2.24) is 0 Å². The van der Waals surface area contributed by atoms with Crippen LogP contribution in [0.3, 0.4) is 0 Å². The Morgan fingerprint density at radius 3 is 1.67 bits per heavy atom. The molecule has 0 aliphatic heterocycles. The van der Waals surface area contributed by atoms with Crippen molar-refractivity contribution in [3.63, 3.8) is 0 Å². The topological polar surface area (TPSA) is 64.6 Å². The third kappa shape index (κ3) is 8.71. The van der Waals surface area contributed by atoms with Gasteiger partial charge in [-0.3, -0.25) is 0 Å². The molecule has 0 spiro atoms. The van der Waals surface area contributed by atoms with E-state index in [0.29, 0.717) is 39.6 Å². The maximum atomic E-state index is 5.91. The van der Waals surface area contributed by atoms with E-state index in [9.17, 15) is 0 Å². The van der Waals surface area contributed by atoms with E-state index < -0.39 is 11.4 Å². The molecule has 0 rings (SSSR count). The van der Waals surface area contributed by atoms with Crippen LogP contribution in [0.4, 0.5) is 0 Å². The van der Waals surface area contributed by atoms with Crippen LogP contribution in [0.5, 0.6) is 0 Å². The van der Waals surface area contributed by atoms with Crippen LogP contribution in [-0.4, -0.2) is 85.6 Å². The first-order chi connectivity index (χ1) is 11.6. The van der Waals surface area contributed by atoms with Crippen molar-refractivity contribution in [2.75, 3.05) is 74.2 Å². The van der Waals surface area contributed by atoms with Crippen LogP contribution in [-0.2, 0) is 33.2 Å². The number of rotatable bonds is 17. The second-order valence-corrected chi connectivity index (χ2v) is 5.60. The minimum atomic E-state index is -0.919. The molecular formula is C17H36O7. The number of hydrogen-bond acceptors (Lipinski definition) is 7. The molecule has 0 bridgehead atoms. The molecule has 0 heterocycles. The maximum absolute atomic E-state index is 5.91. The van der Waals surface area contributed by atoms with Gasteiger partial charge in [-0.1, -0.05) is 6.92 Å². The number of hydrogen-bond donors (Lipinski definition) is 0. The lowest BCUT2D eigenvalue weighted by Gasteiger charge is -2.36. The lowest BCUT2D eigenvalue weighted by atomic mass is 10.1. The Kier molecular flexibility index (Phi) is 13.8. The molecule has 0 aliphatic rings. The first-order valence-electron chi connectivity index (χ1n) is 8.54. The summed E-state index contributed by atoms with van der Waals surface area (Å²) in [6.07, 6.45) is 0.884. The quantitative estimate of drug-likeness (QED) is 0.370. The van der Waals surface area contributed by atoms with Crippen molar-refractivity contribution in [1.29, 1.82) is 0 Å². The summed E-state index contributed by atoms with van der Waals surface area (Å²) in [5.41, 5.74) is -0.659. The molecule has 1 atom stereocenters. The Balaban J connectivity index is 4.88. The van der Waals surface area contributed by atoms with Gasteiger partial charge in [-0.2, -0.15) is 0 Å². The average Bonchev–Trinajstić information content (AvgIpc) is 2.54. The number of methoxy groups -OCH3 is 3. The fraction of sp³-hybridized carbons (Fsp3) is 1.00. The summed E-state index contributed by atoms with van der Waals surface area (Å²) >= 11 is 0. The van der Waals surface area contributed by atoms with Gasteiger partial charge in [0, 0.05) is 41.2 Å². The summed E-state index contributed by atoms with van der Waals surface area (Å²) < 4.78 is 39.3. The maximum Gasteiger partial charge on any atom is 0.216 e. The summed E-state index contributed by atoms with van der Waals surface area (Å²) in [6.45, 7) is 9.07. The van der Waals surface area contributed by atoms with Crippen LogP contribution in [0.15, 0.2) is 0 Å². The highest BCUT2D eigenvalue weighted by Crippen LogP contribution is 2.19. The Hall–Kier alpha value is -0.280. The van der Waals surface area contributed by atoms with Gasteiger partial charge in [-0.25, -0.2) is 0 Å². The summed E-state index contributed by atoms with van der Waals surface area (Å²) in [5.74, 6) is -0.919. The summed E-state index contributed by atoms with van der Waals surface area (Å²) in [4.78, 5) is 0. The first-order valence-corrected chi connectivity index (χ1v) is 8.54. The Morgan fingerprint density at radius 1 is 0.625 bits per heavy atom. The van der Waals surface area contributed by atoms with E-state index >= 15 is 0 Å². The highest BCUT2D eigenvalue weighted by Gasteiger charge is 2.36. The summed E-state index contributed by atoms with van der Waals surface area (Å²) in [6, 6.07) is 0. The van der Waals surface area contributed by atoms with Gasteiger partial charge in [0.2, 0.25) is 5.79 Å². The van der Waals surface area contributed by atoms with Crippen LogP contribution < -0.4 is 0 Å². The highest BCUT2D eigenvalue weighted by molar-refractivity contribution is 4.81. The average molecular weight is 352 g/mol. The van der Waals surface area contributed by atoms with Crippen molar-refractivity contribution in [3.05, 3.63) is 0 Å². The zero-order chi connectivity index (χ0) is 18.3. The normalized spacial score (nSPS) is 14.8. The van der Waals surface area contributed by atoms with Gasteiger partial charge in [-0.05, 0) is 20.3 Å². The molecule has 1 unspecified atom stereocenters.